The molecule has 0 radical (unpaired) electrons. The highest BCUT2D eigenvalue weighted by Crippen LogP contribution is 2.30. The largest absolute Gasteiger partial charge is 0.491 e. The molecule has 2 amide bonds. The molecule has 2 aliphatic heterocycles. The number of hydrogen-bond acceptors (Lipinski definition) is 6. The highest BCUT2D eigenvalue weighted by molar-refractivity contribution is 6.02. The lowest BCUT2D eigenvalue weighted by molar-refractivity contribution is -0.134. The second-order valence-corrected chi connectivity index (χ2v) is 7.97. The van der Waals surface area contributed by atoms with Crippen LogP contribution in [0.5, 0.6) is 5.75 Å². The predicted octanol–water partition coefficient (Wildman–Crippen LogP) is 2.33. The Balaban J connectivity index is 1.81. The highest BCUT2D eigenvalue weighted by Gasteiger charge is 2.38. The van der Waals surface area contributed by atoms with Crippen LogP contribution in [0, 0.1) is 0 Å². The molecule has 0 spiro atoms. The third kappa shape index (κ3) is 4.70. The number of ether oxygens (including phenoxy) is 3. The van der Waals surface area contributed by atoms with E-state index < -0.39 is 17.7 Å². The van der Waals surface area contributed by atoms with E-state index >= 15 is 0 Å². The molecule has 0 bridgehead atoms. The summed E-state index contributed by atoms with van der Waals surface area (Å²) in [5, 5.41) is 0. The van der Waals surface area contributed by atoms with Crippen molar-refractivity contribution in [3.63, 3.8) is 0 Å². The van der Waals surface area contributed by atoms with Gasteiger partial charge in [0.25, 0.3) is 5.91 Å². The van der Waals surface area contributed by atoms with E-state index in [1.807, 2.05) is 20.8 Å². The van der Waals surface area contributed by atoms with Gasteiger partial charge in [-0.1, -0.05) is 12.1 Å². The van der Waals surface area contributed by atoms with Gasteiger partial charge in [-0.2, -0.15) is 0 Å². The summed E-state index contributed by atoms with van der Waals surface area (Å²) in [4.78, 5) is 40.5. The number of hydrogen-bond donors (Lipinski definition) is 0. The van der Waals surface area contributed by atoms with Crippen LogP contribution in [0.25, 0.3) is 6.08 Å². The molecule has 0 aliphatic carbocycles. The Kier molecular flexibility index (Phi) is 5.81. The number of nitrogens with zero attached hydrogens (tertiary/aromatic N) is 2. The van der Waals surface area contributed by atoms with Crippen molar-refractivity contribution in [2.75, 3.05) is 33.4 Å². The molecule has 8 heteroatoms. The Bertz CT molecular complexity index is 842. The van der Waals surface area contributed by atoms with Crippen LogP contribution in [0.4, 0.5) is 4.79 Å². The maximum Gasteiger partial charge on any atom is 0.410 e. The molecule has 1 unspecified atom stereocenters. The summed E-state index contributed by atoms with van der Waals surface area (Å²) < 4.78 is 16.0. The molecular weight excluding hydrogens is 376 g/mol. The molecule has 8 nitrogen and oxygen atoms in total. The van der Waals surface area contributed by atoms with E-state index in [-0.39, 0.29) is 18.6 Å². The molecule has 1 atom stereocenters. The summed E-state index contributed by atoms with van der Waals surface area (Å²) >= 11 is 0. The first-order valence-electron chi connectivity index (χ1n) is 9.50. The summed E-state index contributed by atoms with van der Waals surface area (Å²) in [6, 6.07) is 4.96. The van der Waals surface area contributed by atoms with Crippen LogP contribution in [0.15, 0.2) is 24.3 Å². The fraction of sp³-hybridized carbons (Fsp3) is 0.476. The maximum absolute atomic E-state index is 13.3. The average molecular weight is 402 g/mol. The third-order valence-electron chi connectivity index (χ3n) is 4.70. The van der Waals surface area contributed by atoms with Gasteiger partial charge in [0.15, 0.2) is 0 Å². The lowest BCUT2D eigenvalue weighted by Gasteiger charge is -2.40. The number of esters is 1. The number of piperazine rings is 1. The maximum atomic E-state index is 13.3. The number of amides is 2. The zero-order chi connectivity index (χ0) is 21.2. The number of fused-ring (bicyclic) bond motifs is 2. The quantitative estimate of drug-likeness (QED) is 0.558. The molecule has 1 fully saturated rings. The van der Waals surface area contributed by atoms with E-state index in [4.69, 9.17) is 9.47 Å². The van der Waals surface area contributed by atoms with E-state index in [2.05, 4.69) is 4.74 Å². The van der Waals surface area contributed by atoms with E-state index in [0.29, 0.717) is 36.5 Å². The van der Waals surface area contributed by atoms with Crippen LogP contribution >= 0.6 is 0 Å². The Hall–Kier alpha value is -3.03. The molecule has 29 heavy (non-hydrogen) atoms. The number of rotatable bonds is 2. The number of carbonyl (C=O) groups is 3. The van der Waals surface area contributed by atoms with Crippen LogP contribution in [-0.2, 0) is 14.3 Å². The van der Waals surface area contributed by atoms with Crippen molar-refractivity contribution in [1.29, 1.82) is 0 Å². The summed E-state index contributed by atoms with van der Waals surface area (Å²) in [6.07, 6.45) is 2.42. The van der Waals surface area contributed by atoms with Gasteiger partial charge in [0.2, 0.25) is 0 Å². The predicted molar refractivity (Wildman–Crippen MR) is 106 cm³/mol. The molecule has 2 heterocycles. The number of benzene rings is 1. The van der Waals surface area contributed by atoms with Crippen molar-refractivity contribution in [2.45, 2.75) is 32.4 Å². The van der Waals surface area contributed by atoms with Gasteiger partial charge in [0.1, 0.15) is 18.0 Å². The second kappa shape index (κ2) is 8.14. The van der Waals surface area contributed by atoms with Crippen LogP contribution < -0.4 is 4.74 Å². The lowest BCUT2D eigenvalue weighted by atomic mass is 10.0. The van der Waals surface area contributed by atoms with Crippen molar-refractivity contribution in [1.82, 2.24) is 9.80 Å². The van der Waals surface area contributed by atoms with Gasteiger partial charge < -0.3 is 24.0 Å². The smallest absolute Gasteiger partial charge is 0.410 e. The summed E-state index contributed by atoms with van der Waals surface area (Å²) in [7, 11) is 1.29. The second-order valence-electron chi connectivity index (χ2n) is 7.97. The van der Waals surface area contributed by atoms with Gasteiger partial charge >= 0.3 is 12.1 Å². The van der Waals surface area contributed by atoms with Gasteiger partial charge in [0, 0.05) is 25.7 Å². The molecule has 3 rings (SSSR count). The van der Waals surface area contributed by atoms with E-state index in [1.54, 1.807) is 34.1 Å². The minimum Gasteiger partial charge on any atom is -0.491 e. The molecule has 0 aromatic heterocycles. The lowest BCUT2D eigenvalue weighted by Crippen LogP contribution is -2.58. The van der Waals surface area contributed by atoms with Crippen molar-refractivity contribution < 1.29 is 28.6 Å². The first-order chi connectivity index (χ1) is 13.7. The van der Waals surface area contributed by atoms with Gasteiger partial charge in [-0.15, -0.1) is 0 Å². The average Bonchev–Trinajstić information content (AvgIpc) is 2.81. The molecule has 0 saturated carbocycles. The summed E-state index contributed by atoms with van der Waals surface area (Å²) in [6.45, 7) is 6.82. The zero-order valence-corrected chi connectivity index (χ0v) is 17.1. The first kappa shape index (κ1) is 20.7. The fourth-order valence-corrected chi connectivity index (χ4v) is 3.35. The standard InChI is InChI=1S/C21H26N2O6/c1-21(2,3)29-20(26)22-10-11-23-15(12-22)13-28-16-7-5-6-14(18(16)19(23)25)8-9-17(24)27-4/h5-9,15H,10-13H2,1-4H3. The molecule has 1 saturated heterocycles. The zero-order valence-electron chi connectivity index (χ0n) is 17.1. The van der Waals surface area contributed by atoms with Crippen LogP contribution in [-0.4, -0.2) is 72.8 Å². The normalized spacial score (nSPS) is 19.2. The first-order valence-corrected chi connectivity index (χ1v) is 9.50. The van der Waals surface area contributed by atoms with Crippen LogP contribution in [0.3, 0.4) is 0 Å². The van der Waals surface area contributed by atoms with E-state index in [0.717, 1.165) is 0 Å². The molecule has 1 aromatic rings. The molecule has 1 aromatic carbocycles. The molecular formula is C21H26N2O6. The van der Waals surface area contributed by atoms with Crippen molar-refractivity contribution in [3.05, 3.63) is 35.4 Å². The number of methoxy groups -OCH3 is 1. The van der Waals surface area contributed by atoms with Gasteiger partial charge in [-0.05, 0) is 38.5 Å². The SMILES string of the molecule is COC(=O)C=Cc1cccc2c1C(=O)N1CCN(C(=O)OC(C)(C)C)CC1CO2. The summed E-state index contributed by atoms with van der Waals surface area (Å²) in [5.41, 5.74) is 0.398. The highest BCUT2D eigenvalue weighted by atomic mass is 16.6. The monoisotopic (exact) mass is 402 g/mol. The molecule has 156 valence electrons. The van der Waals surface area contributed by atoms with Gasteiger partial charge in [0.05, 0.1) is 18.7 Å². The molecule has 0 N–H and O–H groups in total. The van der Waals surface area contributed by atoms with Gasteiger partial charge in [-0.3, -0.25) is 4.79 Å². The molecule has 2 aliphatic rings. The van der Waals surface area contributed by atoms with Gasteiger partial charge in [-0.25, -0.2) is 9.59 Å². The summed E-state index contributed by atoms with van der Waals surface area (Å²) in [5.74, 6) is -0.231. The Morgan fingerprint density at radius 2 is 2.00 bits per heavy atom. The topological polar surface area (TPSA) is 85.4 Å². The van der Waals surface area contributed by atoms with E-state index in [9.17, 15) is 14.4 Å². The van der Waals surface area contributed by atoms with Crippen LogP contribution in [0.1, 0.15) is 36.7 Å². The van der Waals surface area contributed by atoms with Crippen molar-refractivity contribution in [2.24, 2.45) is 0 Å². The number of carbonyl (C=O) groups excluding carboxylic acids is 3. The Morgan fingerprint density at radius 3 is 2.69 bits per heavy atom. The minimum absolute atomic E-state index is 0.184. The Morgan fingerprint density at radius 1 is 1.24 bits per heavy atom. The Labute approximate surface area is 170 Å². The minimum atomic E-state index is -0.582. The van der Waals surface area contributed by atoms with E-state index in [1.165, 1.54) is 13.2 Å². The van der Waals surface area contributed by atoms with Crippen LogP contribution in [0.2, 0.25) is 0 Å². The van der Waals surface area contributed by atoms with Crippen molar-refractivity contribution >= 4 is 24.0 Å². The third-order valence-corrected chi connectivity index (χ3v) is 4.70. The fourth-order valence-electron chi connectivity index (χ4n) is 3.35. The van der Waals surface area contributed by atoms with Crippen molar-refractivity contribution in [3.8, 4) is 5.75 Å².